The van der Waals surface area contributed by atoms with Crippen molar-refractivity contribution >= 4 is 20.9 Å². The Morgan fingerprint density at radius 2 is 2.03 bits per heavy atom. The van der Waals surface area contributed by atoms with E-state index in [-0.39, 0.29) is 22.8 Å². The maximum Gasteiger partial charge on any atom is 0.262 e. The van der Waals surface area contributed by atoms with Gasteiger partial charge >= 0.3 is 0 Å². The predicted molar refractivity (Wildman–Crippen MR) is 101 cm³/mol. The first-order chi connectivity index (χ1) is 13.8. The van der Waals surface area contributed by atoms with E-state index in [1.165, 1.54) is 27.5 Å². The summed E-state index contributed by atoms with van der Waals surface area (Å²) < 4.78 is 56.3. The summed E-state index contributed by atoms with van der Waals surface area (Å²) in [5, 5.41) is 0.0875. The monoisotopic (exact) mass is 423 g/mol. The van der Waals surface area contributed by atoms with Crippen LogP contribution in [0.15, 0.2) is 46.6 Å². The standard InChI is InChI=1S/C18H19F2N5O3S/c1-23-10-16(21-11-23)29(27,28)25-8-4-7-14(25)17-22-13-6-3-2-5-12(13)18(26)24(17)9-15(19)20/h2-3,5-6,10-11,14-15H,4,7-9H2,1H3. The van der Waals surface area contributed by atoms with E-state index in [0.29, 0.717) is 18.4 Å². The maximum absolute atomic E-state index is 13.2. The highest BCUT2D eigenvalue weighted by atomic mass is 32.2. The van der Waals surface area contributed by atoms with Crippen LogP contribution < -0.4 is 5.56 Å². The molecule has 0 bridgehead atoms. The fraction of sp³-hybridized carbons (Fsp3) is 0.389. The van der Waals surface area contributed by atoms with Gasteiger partial charge in [-0.3, -0.25) is 9.36 Å². The Bertz CT molecular complexity index is 1220. The van der Waals surface area contributed by atoms with Gasteiger partial charge in [-0.1, -0.05) is 12.1 Å². The molecule has 3 aromatic rings. The molecule has 154 valence electrons. The van der Waals surface area contributed by atoms with E-state index in [0.717, 1.165) is 4.57 Å². The lowest BCUT2D eigenvalue weighted by molar-refractivity contribution is 0.122. The van der Waals surface area contributed by atoms with Crippen LogP contribution in [-0.2, 0) is 23.6 Å². The van der Waals surface area contributed by atoms with E-state index in [1.54, 1.807) is 25.2 Å². The number of benzene rings is 1. The van der Waals surface area contributed by atoms with Gasteiger partial charge in [0.1, 0.15) is 5.82 Å². The quantitative estimate of drug-likeness (QED) is 0.626. The first kappa shape index (κ1) is 19.6. The largest absolute Gasteiger partial charge is 0.339 e. The topological polar surface area (TPSA) is 90.1 Å². The summed E-state index contributed by atoms with van der Waals surface area (Å²) in [5.41, 5.74) is -0.256. The van der Waals surface area contributed by atoms with Gasteiger partial charge in [-0.05, 0) is 25.0 Å². The highest BCUT2D eigenvalue weighted by molar-refractivity contribution is 7.89. The van der Waals surface area contributed by atoms with E-state index in [9.17, 15) is 22.0 Å². The molecule has 0 amide bonds. The van der Waals surface area contributed by atoms with Gasteiger partial charge in [0.15, 0.2) is 5.03 Å². The molecule has 1 saturated heterocycles. The lowest BCUT2D eigenvalue weighted by Crippen LogP contribution is -2.36. The third-order valence-electron chi connectivity index (χ3n) is 4.97. The highest BCUT2D eigenvalue weighted by Crippen LogP contribution is 2.35. The van der Waals surface area contributed by atoms with Gasteiger partial charge in [-0.2, -0.15) is 4.31 Å². The first-order valence-corrected chi connectivity index (χ1v) is 10.5. The second kappa shape index (κ2) is 7.30. The van der Waals surface area contributed by atoms with Crippen molar-refractivity contribution in [3.63, 3.8) is 0 Å². The second-order valence-corrected chi connectivity index (χ2v) is 8.78. The zero-order chi connectivity index (χ0) is 20.8. The van der Waals surface area contributed by atoms with Gasteiger partial charge in [0, 0.05) is 19.8 Å². The fourth-order valence-corrected chi connectivity index (χ4v) is 5.31. The third-order valence-corrected chi connectivity index (χ3v) is 6.76. The predicted octanol–water partition coefficient (Wildman–Crippen LogP) is 1.92. The average molecular weight is 423 g/mol. The number of nitrogens with zero attached hydrogens (tertiary/aromatic N) is 5. The molecular formula is C18H19F2N5O3S. The lowest BCUT2D eigenvalue weighted by atomic mass is 10.2. The van der Waals surface area contributed by atoms with Gasteiger partial charge in [0.25, 0.3) is 22.0 Å². The maximum atomic E-state index is 13.2. The average Bonchev–Trinajstić information content (AvgIpc) is 3.33. The van der Waals surface area contributed by atoms with Crippen molar-refractivity contribution < 1.29 is 17.2 Å². The molecule has 1 aliphatic heterocycles. The van der Waals surface area contributed by atoms with Crippen LogP contribution in [0, 0.1) is 0 Å². The molecule has 3 heterocycles. The van der Waals surface area contributed by atoms with E-state index in [4.69, 9.17) is 0 Å². The van der Waals surface area contributed by atoms with Crippen LogP contribution in [0.5, 0.6) is 0 Å². The van der Waals surface area contributed by atoms with Crippen molar-refractivity contribution in [2.75, 3.05) is 6.54 Å². The Labute approximate surface area is 165 Å². The molecule has 0 saturated carbocycles. The van der Waals surface area contributed by atoms with Gasteiger partial charge < -0.3 is 4.57 Å². The van der Waals surface area contributed by atoms with Crippen molar-refractivity contribution in [3.05, 3.63) is 53.0 Å². The van der Waals surface area contributed by atoms with E-state index < -0.39 is 34.6 Å². The summed E-state index contributed by atoms with van der Waals surface area (Å²) in [6, 6.07) is 5.63. The van der Waals surface area contributed by atoms with Crippen LogP contribution in [-0.4, -0.2) is 44.8 Å². The summed E-state index contributed by atoms with van der Waals surface area (Å²) in [4.78, 5) is 21.2. The number of aromatic nitrogens is 4. The number of fused-ring (bicyclic) bond motifs is 1. The van der Waals surface area contributed by atoms with E-state index in [1.807, 2.05) is 0 Å². The Morgan fingerprint density at radius 1 is 1.28 bits per heavy atom. The SMILES string of the molecule is Cn1cnc(S(=O)(=O)N2CCCC2c2nc3ccccc3c(=O)n2CC(F)F)c1. The molecule has 8 nitrogen and oxygen atoms in total. The van der Waals surface area contributed by atoms with E-state index in [2.05, 4.69) is 9.97 Å². The van der Waals surface area contributed by atoms with Crippen LogP contribution in [0.3, 0.4) is 0 Å². The molecule has 0 spiro atoms. The van der Waals surface area contributed by atoms with Crippen molar-refractivity contribution in [2.24, 2.45) is 7.05 Å². The Morgan fingerprint density at radius 3 is 2.72 bits per heavy atom. The minimum absolute atomic E-state index is 0.0333. The number of para-hydroxylation sites is 1. The van der Waals surface area contributed by atoms with Crippen LogP contribution >= 0.6 is 0 Å². The number of sulfonamides is 1. The summed E-state index contributed by atoms with van der Waals surface area (Å²) in [5.74, 6) is 0.0333. The van der Waals surface area contributed by atoms with E-state index >= 15 is 0 Å². The lowest BCUT2D eigenvalue weighted by Gasteiger charge is -2.25. The summed E-state index contributed by atoms with van der Waals surface area (Å²) in [7, 11) is -2.32. The minimum atomic E-state index is -3.97. The smallest absolute Gasteiger partial charge is 0.262 e. The number of hydrogen-bond donors (Lipinski definition) is 0. The van der Waals surface area contributed by atoms with Crippen LogP contribution in [0.4, 0.5) is 8.78 Å². The molecule has 4 rings (SSSR count). The number of imidazole rings is 1. The summed E-state index contributed by atoms with van der Waals surface area (Å²) in [6.45, 7) is -0.652. The number of alkyl halides is 2. The molecule has 29 heavy (non-hydrogen) atoms. The molecule has 1 unspecified atom stereocenters. The van der Waals surface area contributed by atoms with Crippen LogP contribution in [0.1, 0.15) is 24.7 Å². The second-order valence-electron chi connectivity index (χ2n) is 6.95. The van der Waals surface area contributed by atoms with Crippen molar-refractivity contribution in [1.29, 1.82) is 0 Å². The molecular weight excluding hydrogens is 404 g/mol. The number of halogens is 2. The Kier molecular flexibility index (Phi) is 4.95. The third kappa shape index (κ3) is 3.44. The molecule has 1 fully saturated rings. The number of rotatable bonds is 5. The van der Waals surface area contributed by atoms with Crippen LogP contribution in [0.2, 0.25) is 0 Å². The van der Waals surface area contributed by atoms with Gasteiger partial charge in [-0.25, -0.2) is 27.2 Å². The fourth-order valence-electron chi connectivity index (χ4n) is 3.68. The zero-order valence-corrected chi connectivity index (χ0v) is 16.4. The van der Waals surface area contributed by atoms with Crippen LogP contribution in [0.25, 0.3) is 10.9 Å². The Balaban J connectivity index is 1.87. The van der Waals surface area contributed by atoms with Crippen molar-refractivity contribution in [3.8, 4) is 0 Å². The zero-order valence-electron chi connectivity index (χ0n) is 15.6. The molecule has 0 aliphatic carbocycles. The molecule has 1 aliphatic rings. The normalized spacial score (nSPS) is 18.1. The van der Waals surface area contributed by atoms with Gasteiger partial charge in [-0.15, -0.1) is 0 Å². The van der Waals surface area contributed by atoms with Gasteiger partial charge in [0.2, 0.25) is 0 Å². The summed E-state index contributed by atoms with van der Waals surface area (Å²) in [6.07, 6.45) is 0.870. The molecule has 0 N–H and O–H groups in total. The number of aryl methyl sites for hydroxylation is 1. The molecule has 2 aromatic heterocycles. The highest BCUT2D eigenvalue weighted by Gasteiger charge is 2.40. The van der Waals surface area contributed by atoms with Crippen molar-refractivity contribution in [1.82, 2.24) is 23.4 Å². The molecule has 0 radical (unpaired) electrons. The summed E-state index contributed by atoms with van der Waals surface area (Å²) >= 11 is 0. The molecule has 11 heteroatoms. The minimum Gasteiger partial charge on any atom is -0.339 e. The Hall–Kier alpha value is -2.66. The molecule has 1 aromatic carbocycles. The van der Waals surface area contributed by atoms with Crippen molar-refractivity contribution in [2.45, 2.75) is 36.9 Å². The number of hydrogen-bond acceptors (Lipinski definition) is 5. The van der Waals surface area contributed by atoms with Gasteiger partial charge in [0.05, 0.1) is 29.8 Å². The first-order valence-electron chi connectivity index (χ1n) is 9.06. The molecule has 1 atom stereocenters.